The van der Waals surface area contributed by atoms with Crippen LogP contribution in [0, 0.1) is 17.5 Å². The number of fused-ring (bicyclic) bond motifs is 1. The number of carboxylic acid groups (broad SMARTS) is 1. The molecule has 42 heavy (non-hydrogen) atoms. The summed E-state index contributed by atoms with van der Waals surface area (Å²) in [4.78, 5) is 20.1. The van der Waals surface area contributed by atoms with E-state index in [2.05, 4.69) is 9.97 Å². The normalized spacial score (nSPS) is 14.5. The maximum absolute atomic E-state index is 15.3. The lowest BCUT2D eigenvalue weighted by molar-refractivity contribution is -0.0593. The molecule has 0 bridgehead atoms. The molecule has 214 valence electrons. The Labute approximate surface area is 241 Å². The molecule has 2 aromatic heterocycles. The van der Waals surface area contributed by atoms with Crippen molar-refractivity contribution in [1.82, 2.24) is 14.5 Å². The van der Waals surface area contributed by atoms with Crippen LogP contribution < -0.4 is 9.47 Å². The fourth-order valence-corrected chi connectivity index (χ4v) is 4.62. The summed E-state index contributed by atoms with van der Waals surface area (Å²) in [5.41, 5.74) is 1.44. The lowest BCUT2D eigenvalue weighted by Crippen LogP contribution is -2.31. The highest BCUT2D eigenvalue weighted by Gasteiger charge is 2.25. The minimum atomic E-state index is -1.13. The van der Waals surface area contributed by atoms with Crippen LogP contribution in [-0.2, 0) is 17.9 Å². The third-order valence-corrected chi connectivity index (χ3v) is 6.98. The summed E-state index contributed by atoms with van der Waals surface area (Å²) in [5.74, 6) is -4.24. The topological polar surface area (TPSA) is 95.7 Å². The number of aromatic nitrogens is 3. The molecule has 3 heterocycles. The third-order valence-electron chi connectivity index (χ3n) is 6.74. The molecule has 1 aliphatic heterocycles. The molecule has 0 saturated carbocycles. The van der Waals surface area contributed by atoms with E-state index in [1.807, 2.05) is 0 Å². The van der Waals surface area contributed by atoms with Crippen molar-refractivity contribution in [3.05, 3.63) is 100 Å². The van der Waals surface area contributed by atoms with Gasteiger partial charge in [0.1, 0.15) is 12.4 Å². The highest BCUT2D eigenvalue weighted by molar-refractivity contribution is 6.30. The summed E-state index contributed by atoms with van der Waals surface area (Å²) in [6.07, 6.45) is 0.589. The van der Waals surface area contributed by atoms with Gasteiger partial charge < -0.3 is 19.3 Å². The molecule has 3 aromatic carbocycles. The molecule has 0 unspecified atom stereocenters. The highest BCUT2D eigenvalue weighted by Crippen LogP contribution is 2.34. The van der Waals surface area contributed by atoms with Crippen molar-refractivity contribution in [2.75, 3.05) is 6.61 Å². The van der Waals surface area contributed by atoms with Gasteiger partial charge in [0.15, 0.2) is 11.6 Å². The molecular weight excluding hydrogens is 575 g/mol. The first kappa shape index (κ1) is 27.6. The van der Waals surface area contributed by atoms with Gasteiger partial charge >= 0.3 is 12.0 Å². The Morgan fingerprint density at radius 2 is 1.81 bits per heavy atom. The van der Waals surface area contributed by atoms with Crippen molar-refractivity contribution in [2.24, 2.45) is 0 Å². The molecule has 1 atom stereocenters. The average molecular weight is 596 g/mol. The summed E-state index contributed by atoms with van der Waals surface area (Å²) in [5, 5.41) is 9.67. The van der Waals surface area contributed by atoms with Crippen LogP contribution in [0.25, 0.3) is 22.3 Å². The number of aromatic carboxylic acids is 1. The standard InChI is InChI=1S/C30H21ClF3N3O5/c31-19-6-4-17(21(32)13-19)15-41-27-3-1-2-24(35-27)18-10-22(33)28(23(34)11-18)42-30-36-25-7-5-16(29(38)39)12-26(25)37(30)14-20-8-9-40-20/h1-7,10-13,20H,8-9,14-15H2,(H,38,39)/t20-/m0/s1. The first-order valence-corrected chi connectivity index (χ1v) is 13.2. The van der Waals surface area contributed by atoms with Gasteiger partial charge in [0.05, 0.1) is 34.9 Å². The predicted molar refractivity (Wildman–Crippen MR) is 146 cm³/mol. The lowest BCUT2D eigenvalue weighted by Gasteiger charge is -2.27. The number of benzene rings is 3. The molecule has 1 saturated heterocycles. The number of halogens is 4. The molecule has 6 rings (SSSR count). The van der Waals surface area contributed by atoms with Crippen molar-refractivity contribution in [3.63, 3.8) is 0 Å². The largest absolute Gasteiger partial charge is 0.478 e. The van der Waals surface area contributed by atoms with Crippen LogP contribution in [0.5, 0.6) is 17.6 Å². The molecule has 0 aliphatic carbocycles. The van der Waals surface area contributed by atoms with E-state index in [9.17, 15) is 14.3 Å². The Bertz CT molecular complexity index is 1800. The van der Waals surface area contributed by atoms with Crippen molar-refractivity contribution >= 4 is 28.6 Å². The second-order valence-corrected chi connectivity index (χ2v) is 9.99. The molecule has 1 fully saturated rings. The predicted octanol–water partition coefficient (Wildman–Crippen LogP) is 7.03. The van der Waals surface area contributed by atoms with Crippen molar-refractivity contribution in [3.8, 4) is 28.9 Å². The van der Waals surface area contributed by atoms with E-state index in [1.54, 1.807) is 16.7 Å². The summed E-state index contributed by atoms with van der Waals surface area (Å²) >= 11 is 5.78. The second kappa shape index (κ2) is 11.3. The number of hydrogen-bond donors (Lipinski definition) is 1. The van der Waals surface area contributed by atoms with Gasteiger partial charge in [-0.2, -0.15) is 4.98 Å². The van der Waals surface area contributed by atoms with Gasteiger partial charge in [0, 0.05) is 28.8 Å². The number of nitrogens with zero attached hydrogens (tertiary/aromatic N) is 3. The zero-order valence-electron chi connectivity index (χ0n) is 21.7. The molecule has 0 radical (unpaired) electrons. The monoisotopic (exact) mass is 595 g/mol. The minimum Gasteiger partial charge on any atom is -0.478 e. The first-order valence-electron chi connectivity index (χ1n) is 12.8. The van der Waals surface area contributed by atoms with Crippen molar-refractivity contribution in [1.29, 1.82) is 0 Å². The molecule has 1 N–H and O–H groups in total. The zero-order chi connectivity index (χ0) is 29.4. The summed E-state index contributed by atoms with van der Waals surface area (Å²) in [7, 11) is 0. The number of carboxylic acids is 1. The number of pyridine rings is 1. The second-order valence-electron chi connectivity index (χ2n) is 9.55. The van der Waals surface area contributed by atoms with Crippen LogP contribution in [0.2, 0.25) is 5.02 Å². The lowest BCUT2D eigenvalue weighted by atomic mass is 10.1. The Hall–Kier alpha value is -4.61. The SMILES string of the molecule is O=C(O)c1ccc2nc(Oc3c(F)cc(-c4cccc(OCc5ccc(Cl)cc5F)n4)cc3F)n(C[C@@H]3CCO3)c2c1. The number of hydrogen-bond acceptors (Lipinski definition) is 6. The van der Waals surface area contributed by atoms with E-state index in [0.717, 1.165) is 18.6 Å². The van der Waals surface area contributed by atoms with E-state index in [-0.39, 0.29) is 58.6 Å². The zero-order valence-corrected chi connectivity index (χ0v) is 22.4. The Morgan fingerprint density at radius 1 is 1.02 bits per heavy atom. The fourth-order valence-electron chi connectivity index (χ4n) is 4.46. The summed E-state index contributed by atoms with van der Waals surface area (Å²) in [6.45, 7) is 0.708. The van der Waals surface area contributed by atoms with Gasteiger partial charge in [-0.25, -0.2) is 22.9 Å². The van der Waals surface area contributed by atoms with Crippen LogP contribution in [0.4, 0.5) is 13.2 Å². The number of rotatable bonds is 9. The Balaban J connectivity index is 1.27. The number of imidazole rings is 1. The minimum absolute atomic E-state index is 0.0310. The number of carbonyl (C=O) groups is 1. The van der Waals surface area contributed by atoms with E-state index >= 15 is 8.78 Å². The third kappa shape index (κ3) is 5.61. The van der Waals surface area contributed by atoms with Crippen LogP contribution >= 0.6 is 11.6 Å². The van der Waals surface area contributed by atoms with E-state index in [4.69, 9.17) is 25.8 Å². The van der Waals surface area contributed by atoms with E-state index in [0.29, 0.717) is 17.6 Å². The van der Waals surface area contributed by atoms with Crippen LogP contribution in [-0.4, -0.2) is 38.3 Å². The highest BCUT2D eigenvalue weighted by atomic mass is 35.5. The van der Waals surface area contributed by atoms with Crippen molar-refractivity contribution in [2.45, 2.75) is 25.7 Å². The Kier molecular flexibility index (Phi) is 7.44. The van der Waals surface area contributed by atoms with Gasteiger partial charge in [-0.15, -0.1) is 0 Å². The molecule has 12 heteroatoms. The fraction of sp³-hybridized carbons (Fsp3) is 0.167. The molecule has 0 spiro atoms. The van der Waals surface area contributed by atoms with Crippen LogP contribution in [0.3, 0.4) is 0 Å². The maximum atomic E-state index is 15.3. The van der Waals surface area contributed by atoms with Gasteiger partial charge in [-0.3, -0.25) is 4.57 Å². The smallest absolute Gasteiger partial charge is 0.335 e. The van der Waals surface area contributed by atoms with E-state index in [1.165, 1.54) is 42.5 Å². The maximum Gasteiger partial charge on any atom is 0.335 e. The number of ether oxygens (including phenoxy) is 3. The molecule has 8 nitrogen and oxygen atoms in total. The van der Waals surface area contributed by atoms with Gasteiger partial charge in [0.25, 0.3) is 0 Å². The summed E-state index contributed by atoms with van der Waals surface area (Å²) in [6, 6.07) is 15.2. The van der Waals surface area contributed by atoms with Crippen LogP contribution in [0.1, 0.15) is 22.3 Å². The summed E-state index contributed by atoms with van der Waals surface area (Å²) < 4.78 is 63.0. The first-order chi connectivity index (χ1) is 20.2. The van der Waals surface area contributed by atoms with Gasteiger partial charge in [-0.1, -0.05) is 23.7 Å². The van der Waals surface area contributed by atoms with Gasteiger partial charge in [0.2, 0.25) is 11.6 Å². The molecule has 5 aromatic rings. The molecule has 1 aliphatic rings. The average Bonchev–Trinajstić information content (AvgIpc) is 3.28. The quantitative estimate of drug-likeness (QED) is 0.195. The molecular formula is C30H21ClF3N3O5. The van der Waals surface area contributed by atoms with Gasteiger partial charge in [-0.05, 0) is 55.0 Å². The Morgan fingerprint density at radius 3 is 2.50 bits per heavy atom. The van der Waals surface area contributed by atoms with E-state index < -0.39 is 29.2 Å². The molecule has 0 amide bonds. The van der Waals surface area contributed by atoms with Crippen LogP contribution in [0.15, 0.2) is 66.7 Å². The van der Waals surface area contributed by atoms with Crippen molar-refractivity contribution < 1.29 is 37.3 Å².